The van der Waals surface area contributed by atoms with Crippen LogP contribution in [0.2, 0.25) is 0 Å². The second kappa shape index (κ2) is 4.99. The fraction of sp³-hybridized carbons (Fsp3) is 0.375. The van der Waals surface area contributed by atoms with E-state index in [2.05, 4.69) is 30.3 Å². The Bertz CT molecular complexity index is 477. The molecule has 0 radical (unpaired) electrons. The number of benzene rings is 1. The lowest BCUT2D eigenvalue weighted by Crippen LogP contribution is -2.23. The van der Waals surface area contributed by atoms with Crippen LogP contribution in [0.15, 0.2) is 53.1 Å². The molecule has 94 valence electrons. The molecular formula is C16H19NO. The van der Waals surface area contributed by atoms with Gasteiger partial charge in [-0.25, -0.2) is 0 Å². The van der Waals surface area contributed by atoms with Crippen LogP contribution in [0.25, 0.3) is 0 Å². The van der Waals surface area contributed by atoms with Gasteiger partial charge in [0.05, 0.1) is 6.26 Å². The highest BCUT2D eigenvalue weighted by Gasteiger charge is 2.41. The fourth-order valence-electron chi connectivity index (χ4n) is 2.75. The van der Waals surface area contributed by atoms with Crippen LogP contribution in [0.5, 0.6) is 0 Å². The number of rotatable bonds is 5. The molecule has 2 N–H and O–H groups in total. The highest BCUT2D eigenvalue weighted by molar-refractivity contribution is 5.26. The molecule has 2 heteroatoms. The lowest BCUT2D eigenvalue weighted by molar-refractivity contribution is 0.467. The van der Waals surface area contributed by atoms with E-state index in [4.69, 9.17) is 10.2 Å². The maximum atomic E-state index is 6.28. The van der Waals surface area contributed by atoms with Crippen molar-refractivity contribution >= 4 is 0 Å². The first-order valence-electron chi connectivity index (χ1n) is 6.67. The summed E-state index contributed by atoms with van der Waals surface area (Å²) in [5, 5.41) is 0. The lowest BCUT2D eigenvalue weighted by atomic mass is 10.0. The van der Waals surface area contributed by atoms with Gasteiger partial charge in [-0.2, -0.15) is 0 Å². The molecule has 1 heterocycles. The Morgan fingerprint density at radius 3 is 2.72 bits per heavy atom. The minimum Gasteiger partial charge on any atom is -0.469 e. The molecule has 0 amide bonds. The smallest absolute Gasteiger partial charge is 0.103 e. The number of aryl methyl sites for hydroxylation is 1. The van der Waals surface area contributed by atoms with Crippen molar-refractivity contribution in [1.29, 1.82) is 0 Å². The minimum absolute atomic E-state index is 0.292. The third-order valence-electron chi connectivity index (χ3n) is 3.92. The van der Waals surface area contributed by atoms with E-state index in [-0.39, 0.29) is 0 Å². The number of hydrogen-bond donors (Lipinski definition) is 1. The molecule has 0 bridgehead atoms. The zero-order valence-electron chi connectivity index (χ0n) is 10.5. The monoisotopic (exact) mass is 241 g/mol. The van der Waals surface area contributed by atoms with Crippen molar-refractivity contribution in [1.82, 2.24) is 0 Å². The number of hydrogen-bond acceptors (Lipinski definition) is 2. The van der Waals surface area contributed by atoms with Crippen molar-refractivity contribution < 1.29 is 4.42 Å². The molecule has 2 aromatic rings. The maximum Gasteiger partial charge on any atom is 0.103 e. The predicted octanol–water partition coefficient (Wildman–Crippen LogP) is 3.34. The quantitative estimate of drug-likeness (QED) is 0.872. The summed E-state index contributed by atoms with van der Waals surface area (Å²) >= 11 is 0. The molecule has 18 heavy (non-hydrogen) atoms. The van der Waals surface area contributed by atoms with Gasteiger partial charge in [0, 0.05) is 12.5 Å². The molecule has 1 saturated carbocycles. The van der Waals surface area contributed by atoms with E-state index in [1.807, 2.05) is 12.1 Å². The van der Waals surface area contributed by atoms with Crippen molar-refractivity contribution in [2.45, 2.75) is 31.2 Å². The zero-order valence-corrected chi connectivity index (χ0v) is 10.5. The molecule has 1 fully saturated rings. The second-order valence-electron chi connectivity index (χ2n) is 5.20. The summed E-state index contributed by atoms with van der Waals surface area (Å²) in [6, 6.07) is 15.0. The van der Waals surface area contributed by atoms with Crippen LogP contribution in [-0.2, 0) is 6.42 Å². The van der Waals surface area contributed by atoms with Crippen LogP contribution in [0.3, 0.4) is 0 Å². The largest absolute Gasteiger partial charge is 0.469 e. The van der Waals surface area contributed by atoms with E-state index in [0.29, 0.717) is 17.9 Å². The Hall–Kier alpha value is -1.54. The predicted molar refractivity (Wildman–Crippen MR) is 72.3 cm³/mol. The molecule has 0 aliphatic heterocycles. The molecule has 0 saturated heterocycles. The highest BCUT2D eigenvalue weighted by Crippen LogP contribution is 2.49. The minimum atomic E-state index is 0.292. The average molecular weight is 241 g/mol. The summed E-state index contributed by atoms with van der Waals surface area (Å²) in [7, 11) is 0. The van der Waals surface area contributed by atoms with Gasteiger partial charge in [0.25, 0.3) is 0 Å². The molecule has 3 unspecified atom stereocenters. The summed E-state index contributed by atoms with van der Waals surface area (Å²) in [6.45, 7) is 0. The molecular weight excluding hydrogens is 222 g/mol. The highest BCUT2D eigenvalue weighted by atomic mass is 16.3. The summed E-state index contributed by atoms with van der Waals surface area (Å²) < 4.78 is 5.34. The van der Waals surface area contributed by atoms with E-state index in [0.717, 1.165) is 18.6 Å². The van der Waals surface area contributed by atoms with Gasteiger partial charge in [-0.15, -0.1) is 0 Å². The maximum absolute atomic E-state index is 6.28. The first kappa shape index (κ1) is 11.5. The molecule has 1 aliphatic rings. The molecule has 2 nitrogen and oxygen atoms in total. The Morgan fingerprint density at radius 1 is 1.17 bits per heavy atom. The van der Waals surface area contributed by atoms with Gasteiger partial charge in [0.15, 0.2) is 0 Å². The summed E-state index contributed by atoms with van der Waals surface area (Å²) in [6.07, 6.45) is 4.93. The van der Waals surface area contributed by atoms with Crippen molar-refractivity contribution in [2.75, 3.05) is 0 Å². The summed E-state index contributed by atoms with van der Waals surface area (Å²) in [4.78, 5) is 0. The van der Waals surface area contributed by atoms with Crippen LogP contribution in [0.4, 0.5) is 0 Å². The van der Waals surface area contributed by atoms with E-state index in [1.165, 1.54) is 12.0 Å². The van der Waals surface area contributed by atoms with E-state index in [9.17, 15) is 0 Å². The standard InChI is InChI=1S/C16H19NO/c17-16(9-8-13-7-4-10-18-13)15-11-14(15)12-5-2-1-3-6-12/h1-7,10,14-16H,8-9,11,17H2. The normalized spacial score (nSPS) is 23.8. The van der Waals surface area contributed by atoms with Crippen molar-refractivity contribution in [3.8, 4) is 0 Å². The first-order valence-corrected chi connectivity index (χ1v) is 6.67. The third kappa shape index (κ3) is 2.49. The molecule has 1 aromatic heterocycles. The molecule has 3 atom stereocenters. The van der Waals surface area contributed by atoms with Crippen molar-refractivity contribution in [3.63, 3.8) is 0 Å². The number of furan rings is 1. The van der Waals surface area contributed by atoms with E-state index >= 15 is 0 Å². The van der Waals surface area contributed by atoms with Crippen LogP contribution >= 0.6 is 0 Å². The Labute approximate surface area is 108 Å². The van der Waals surface area contributed by atoms with Crippen molar-refractivity contribution in [2.24, 2.45) is 11.7 Å². The van der Waals surface area contributed by atoms with E-state index < -0.39 is 0 Å². The Kier molecular flexibility index (Phi) is 3.20. The van der Waals surface area contributed by atoms with Gasteiger partial charge < -0.3 is 10.2 Å². The second-order valence-corrected chi connectivity index (χ2v) is 5.20. The van der Waals surface area contributed by atoms with Crippen LogP contribution in [0.1, 0.15) is 30.1 Å². The van der Waals surface area contributed by atoms with Gasteiger partial charge in [-0.05, 0) is 42.4 Å². The Morgan fingerprint density at radius 2 is 2.00 bits per heavy atom. The summed E-state index contributed by atoms with van der Waals surface area (Å²) in [5.74, 6) is 2.38. The van der Waals surface area contributed by atoms with Gasteiger partial charge in [-0.3, -0.25) is 0 Å². The Balaban J connectivity index is 1.52. The molecule has 1 aliphatic carbocycles. The third-order valence-corrected chi connectivity index (χ3v) is 3.92. The van der Waals surface area contributed by atoms with Gasteiger partial charge in [0.2, 0.25) is 0 Å². The molecule has 3 rings (SSSR count). The molecule has 1 aromatic carbocycles. The van der Waals surface area contributed by atoms with E-state index in [1.54, 1.807) is 6.26 Å². The van der Waals surface area contributed by atoms with Gasteiger partial charge in [0.1, 0.15) is 5.76 Å². The van der Waals surface area contributed by atoms with Crippen LogP contribution in [0, 0.1) is 5.92 Å². The SMILES string of the molecule is NC(CCc1ccco1)C1CC1c1ccccc1. The van der Waals surface area contributed by atoms with Crippen molar-refractivity contribution in [3.05, 3.63) is 60.1 Å². The molecule has 0 spiro atoms. The van der Waals surface area contributed by atoms with Crippen LogP contribution in [-0.4, -0.2) is 6.04 Å². The fourth-order valence-corrected chi connectivity index (χ4v) is 2.75. The lowest BCUT2D eigenvalue weighted by Gasteiger charge is -2.10. The topological polar surface area (TPSA) is 39.2 Å². The zero-order chi connectivity index (χ0) is 12.4. The first-order chi connectivity index (χ1) is 8.84. The average Bonchev–Trinajstić information content (AvgIpc) is 3.05. The van der Waals surface area contributed by atoms with Gasteiger partial charge >= 0.3 is 0 Å². The van der Waals surface area contributed by atoms with Gasteiger partial charge in [-0.1, -0.05) is 30.3 Å². The number of nitrogens with two attached hydrogens (primary N) is 1. The summed E-state index contributed by atoms with van der Waals surface area (Å²) in [5.41, 5.74) is 7.72. The van der Waals surface area contributed by atoms with Crippen LogP contribution < -0.4 is 5.73 Å².